The van der Waals surface area contributed by atoms with Crippen LogP contribution >= 0.6 is 0 Å². The van der Waals surface area contributed by atoms with Gasteiger partial charge in [0.15, 0.2) is 0 Å². The molecule has 0 N–H and O–H groups in total. The van der Waals surface area contributed by atoms with Gasteiger partial charge in [-0.05, 0) is 136 Å². The van der Waals surface area contributed by atoms with Crippen molar-refractivity contribution in [1.29, 1.82) is 0 Å². The first kappa shape index (κ1) is 37.6. The van der Waals surface area contributed by atoms with Crippen molar-refractivity contribution >= 4 is 51.2 Å². The second-order valence-electron chi connectivity index (χ2n) is 20.4. The van der Waals surface area contributed by atoms with Crippen LogP contribution in [-0.4, -0.2) is 17.0 Å². The van der Waals surface area contributed by atoms with E-state index in [1.807, 2.05) is 6.07 Å². The van der Waals surface area contributed by atoms with E-state index in [0.29, 0.717) is 5.52 Å². The van der Waals surface area contributed by atoms with Gasteiger partial charge in [0.05, 0.1) is 5.41 Å². The second kappa shape index (κ2) is 12.8. The molecule has 0 atom stereocenters. The minimum Gasteiger partial charge on any atom is -0.458 e. The summed E-state index contributed by atoms with van der Waals surface area (Å²) in [6.45, 7) is 20.4. The van der Waals surface area contributed by atoms with Gasteiger partial charge in [-0.1, -0.05) is 153 Å². The second-order valence-corrected chi connectivity index (χ2v) is 20.4. The molecule has 1 spiro atoms. The van der Waals surface area contributed by atoms with Gasteiger partial charge in [-0.2, -0.15) is 0 Å². The van der Waals surface area contributed by atoms with Crippen LogP contribution in [0, 0.1) is 0 Å². The Morgan fingerprint density at radius 1 is 0.459 bits per heavy atom. The Hall–Kier alpha value is -6.40. The molecule has 300 valence electrons. The lowest BCUT2D eigenvalue weighted by Gasteiger charge is -2.46. The van der Waals surface area contributed by atoms with Crippen LogP contribution in [0.1, 0.15) is 101 Å². The standard InChI is InChI=1S/C55H50BN3O2/c1-52(2,3)33-18-22-36(23-19-33)59(37-24-20-34(21-25-37)53(4,5)6)38-26-27-45-43(30-38)55(41-16-12-10-14-39(41)40-15-11-13-17-42(40)55)44-28-35(54(7,8)9)29-50-51(44)56(45)46-31-47-48(58-61-57-47)32-49(46)60-50/h10-32H,1-9H3. The predicted octanol–water partition coefficient (Wildman–Crippen LogP) is 11.9. The lowest BCUT2D eigenvalue weighted by molar-refractivity contribution is 0.315. The zero-order valence-electron chi connectivity index (χ0n) is 36.5. The van der Waals surface area contributed by atoms with Crippen molar-refractivity contribution in [1.82, 2.24) is 10.3 Å². The summed E-state index contributed by atoms with van der Waals surface area (Å²) in [5, 5.41) is 8.55. The van der Waals surface area contributed by atoms with Gasteiger partial charge in [0.25, 0.3) is 6.71 Å². The fourth-order valence-corrected chi connectivity index (χ4v) is 10.4. The molecule has 0 amide bonds. The monoisotopic (exact) mass is 795 g/mol. The number of nitrogens with zero attached hydrogens (tertiary/aromatic N) is 3. The molecule has 0 saturated heterocycles. The fourth-order valence-electron chi connectivity index (χ4n) is 10.4. The van der Waals surface area contributed by atoms with Crippen LogP contribution in [0.4, 0.5) is 17.1 Å². The highest BCUT2D eigenvalue weighted by Gasteiger charge is 2.55. The first-order chi connectivity index (χ1) is 29.1. The van der Waals surface area contributed by atoms with Crippen molar-refractivity contribution in [3.63, 3.8) is 0 Å². The quantitative estimate of drug-likeness (QED) is 0.167. The highest BCUT2D eigenvalue weighted by Crippen LogP contribution is 2.58. The number of fused-ring (bicyclic) bond motifs is 12. The molecule has 3 aliphatic rings. The van der Waals surface area contributed by atoms with Crippen LogP contribution in [0.3, 0.4) is 0 Å². The summed E-state index contributed by atoms with van der Waals surface area (Å²) in [6.07, 6.45) is 0. The average molecular weight is 796 g/mol. The molecule has 0 radical (unpaired) electrons. The summed E-state index contributed by atoms with van der Waals surface area (Å²) in [5.41, 5.74) is 19.0. The molecule has 8 aromatic rings. The lowest BCUT2D eigenvalue weighted by atomic mass is 9.30. The fraction of sp³-hybridized carbons (Fsp3) is 0.236. The molecule has 0 saturated carbocycles. The highest BCUT2D eigenvalue weighted by molar-refractivity contribution is 6.98. The Bertz CT molecular complexity index is 2970. The van der Waals surface area contributed by atoms with Crippen molar-refractivity contribution < 1.29 is 9.37 Å². The van der Waals surface area contributed by atoms with E-state index >= 15 is 0 Å². The van der Waals surface area contributed by atoms with Gasteiger partial charge in [0.2, 0.25) is 0 Å². The van der Waals surface area contributed by atoms with Gasteiger partial charge in [-0.25, -0.2) is 4.63 Å². The summed E-state index contributed by atoms with van der Waals surface area (Å²) >= 11 is 0. The number of hydrogen-bond acceptors (Lipinski definition) is 5. The molecule has 0 fully saturated rings. The van der Waals surface area contributed by atoms with E-state index in [-0.39, 0.29) is 23.0 Å². The van der Waals surface area contributed by atoms with Gasteiger partial charge < -0.3 is 9.64 Å². The smallest absolute Gasteiger partial charge is 0.251 e. The molecule has 5 nitrogen and oxygen atoms in total. The van der Waals surface area contributed by atoms with Gasteiger partial charge in [-0.3, -0.25) is 0 Å². The first-order valence-electron chi connectivity index (χ1n) is 21.6. The molecular formula is C55H50BN3O2. The Morgan fingerprint density at radius 3 is 1.54 bits per heavy atom. The van der Waals surface area contributed by atoms with Gasteiger partial charge in [0.1, 0.15) is 22.5 Å². The van der Waals surface area contributed by atoms with Crippen molar-refractivity contribution in [3.05, 3.63) is 178 Å². The Balaban J connectivity index is 1.25. The third-order valence-corrected chi connectivity index (χ3v) is 13.6. The highest BCUT2D eigenvalue weighted by atomic mass is 16.6. The number of rotatable bonds is 3. The molecule has 6 heteroatoms. The van der Waals surface area contributed by atoms with E-state index in [1.54, 1.807) is 0 Å². The maximum Gasteiger partial charge on any atom is 0.251 e. The minimum atomic E-state index is -0.640. The topological polar surface area (TPSA) is 51.4 Å². The molecule has 11 rings (SSSR count). The number of hydrogen-bond donors (Lipinski definition) is 0. The van der Waals surface area contributed by atoms with Crippen molar-refractivity contribution in [2.24, 2.45) is 0 Å². The molecule has 2 aliphatic heterocycles. The van der Waals surface area contributed by atoms with Crippen molar-refractivity contribution in [2.45, 2.75) is 84.0 Å². The maximum atomic E-state index is 7.06. The van der Waals surface area contributed by atoms with Crippen LogP contribution in [0.5, 0.6) is 11.5 Å². The van der Waals surface area contributed by atoms with Gasteiger partial charge >= 0.3 is 0 Å². The normalized spacial score (nSPS) is 14.5. The molecule has 1 aromatic heterocycles. The number of benzene rings is 7. The zero-order valence-corrected chi connectivity index (χ0v) is 36.5. The van der Waals surface area contributed by atoms with E-state index in [0.717, 1.165) is 39.5 Å². The Labute approximate surface area is 359 Å². The predicted molar refractivity (Wildman–Crippen MR) is 251 cm³/mol. The van der Waals surface area contributed by atoms with Crippen molar-refractivity contribution in [3.8, 4) is 22.6 Å². The van der Waals surface area contributed by atoms with Crippen LogP contribution < -0.4 is 26.0 Å². The molecule has 1 aliphatic carbocycles. The van der Waals surface area contributed by atoms with Crippen LogP contribution in [0.2, 0.25) is 0 Å². The Morgan fingerprint density at radius 2 is 0.984 bits per heavy atom. The third kappa shape index (κ3) is 5.53. The van der Waals surface area contributed by atoms with Gasteiger partial charge in [-0.15, -0.1) is 0 Å². The van der Waals surface area contributed by atoms with Crippen molar-refractivity contribution in [2.75, 3.05) is 4.90 Å². The molecule has 61 heavy (non-hydrogen) atoms. The number of anilines is 3. The number of ether oxygens (including phenoxy) is 1. The third-order valence-electron chi connectivity index (χ3n) is 13.6. The molecule has 3 heterocycles. The van der Waals surface area contributed by atoms with E-state index in [1.165, 1.54) is 61.0 Å². The average Bonchev–Trinajstić information content (AvgIpc) is 3.81. The largest absolute Gasteiger partial charge is 0.458 e. The van der Waals surface area contributed by atoms with Gasteiger partial charge in [0, 0.05) is 23.1 Å². The van der Waals surface area contributed by atoms with Crippen LogP contribution in [0.25, 0.3) is 22.2 Å². The van der Waals surface area contributed by atoms with E-state index in [9.17, 15) is 0 Å². The lowest BCUT2D eigenvalue weighted by Crippen LogP contribution is -2.63. The summed E-state index contributed by atoms with van der Waals surface area (Å²) in [4.78, 5) is 2.44. The number of aromatic nitrogens is 2. The zero-order chi connectivity index (χ0) is 42.2. The summed E-state index contributed by atoms with van der Waals surface area (Å²) in [7, 11) is 0. The van der Waals surface area contributed by atoms with Crippen LogP contribution in [0.15, 0.2) is 144 Å². The SMILES string of the molecule is CC(C)(C)c1ccc(N(c2ccc(C(C)(C)C)cc2)c2ccc3c(c2)C2(c4ccccc4-c4ccccc42)c2cc(C(C)(C)C)cc4c2B3c2cc3nonc3cc2O4)cc1. The first-order valence-corrected chi connectivity index (χ1v) is 21.6. The summed E-state index contributed by atoms with van der Waals surface area (Å²) in [5.74, 6) is 1.68. The Kier molecular flexibility index (Phi) is 7.90. The van der Waals surface area contributed by atoms with E-state index in [2.05, 4.69) is 211 Å². The maximum absolute atomic E-state index is 7.06. The van der Waals surface area contributed by atoms with E-state index in [4.69, 9.17) is 9.37 Å². The van der Waals surface area contributed by atoms with Crippen LogP contribution in [-0.2, 0) is 21.7 Å². The summed E-state index contributed by atoms with van der Waals surface area (Å²) < 4.78 is 12.3. The summed E-state index contributed by atoms with van der Waals surface area (Å²) in [6, 6.07) is 52.6. The molecule has 0 unspecified atom stereocenters. The molecule has 0 bridgehead atoms. The minimum absolute atomic E-state index is 0.0327. The van der Waals surface area contributed by atoms with E-state index < -0.39 is 5.41 Å². The molecular weight excluding hydrogens is 745 g/mol. The molecule has 7 aromatic carbocycles.